The van der Waals surface area contributed by atoms with E-state index in [1.807, 2.05) is 35.2 Å². The number of benzene rings is 1. The van der Waals surface area contributed by atoms with Gasteiger partial charge in [0.05, 0.1) is 18.1 Å². The number of sulfone groups is 1. The van der Waals surface area contributed by atoms with E-state index in [-0.39, 0.29) is 24.1 Å². The Kier molecular flexibility index (Phi) is 6.73. The Morgan fingerprint density at radius 2 is 1.85 bits per heavy atom. The van der Waals surface area contributed by atoms with Gasteiger partial charge < -0.3 is 5.32 Å². The van der Waals surface area contributed by atoms with Crippen LogP contribution < -0.4 is 10.7 Å². The van der Waals surface area contributed by atoms with Crippen molar-refractivity contribution < 1.29 is 22.8 Å². The first-order valence-corrected chi connectivity index (χ1v) is 13.1. The second-order valence-electron chi connectivity index (χ2n) is 9.29. The quantitative estimate of drug-likeness (QED) is 0.521. The molecule has 0 spiro atoms. The summed E-state index contributed by atoms with van der Waals surface area (Å²) in [6.45, 7) is 4.36. The number of hydrazine groups is 1. The van der Waals surface area contributed by atoms with Crippen LogP contribution in [0.4, 0.5) is 4.79 Å². The predicted octanol–water partition coefficient (Wildman–Crippen LogP) is -0.234. The van der Waals surface area contributed by atoms with Crippen molar-refractivity contribution in [1.29, 1.82) is 0 Å². The Morgan fingerprint density at radius 1 is 1.15 bits per heavy atom. The number of aryl methyl sites for hydroxylation is 1. The number of hydrogen-bond acceptors (Lipinski definition) is 7. The molecule has 3 saturated heterocycles. The average Bonchev–Trinajstić information content (AvgIpc) is 3.25. The third-order valence-electron chi connectivity index (χ3n) is 6.75. The largest absolute Gasteiger partial charge is 0.344 e. The summed E-state index contributed by atoms with van der Waals surface area (Å²) >= 11 is 0. The Balaban J connectivity index is 1.25. The van der Waals surface area contributed by atoms with Gasteiger partial charge in [0.2, 0.25) is 0 Å². The number of urea groups is 1. The van der Waals surface area contributed by atoms with Crippen molar-refractivity contribution in [2.75, 3.05) is 44.2 Å². The molecule has 2 N–H and O–H groups in total. The van der Waals surface area contributed by atoms with Gasteiger partial charge in [-0.3, -0.25) is 24.8 Å². The smallest absolute Gasteiger partial charge is 0.322 e. The highest BCUT2D eigenvalue weighted by Crippen LogP contribution is 2.22. The van der Waals surface area contributed by atoms with E-state index in [1.165, 1.54) is 0 Å². The van der Waals surface area contributed by atoms with Crippen LogP contribution in [0.5, 0.6) is 0 Å². The number of amides is 4. The number of rotatable bonds is 7. The second-order valence-corrected chi connectivity index (χ2v) is 11.5. The van der Waals surface area contributed by atoms with Crippen LogP contribution in [-0.4, -0.2) is 96.9 Å². The number of imide groups is 1. The van der Waals surface area contributed by atoms with E-state index >= 15 is 0 Å². The fourth-order valence-corrected chi connectivity index (χ4v) is 6.47. The lowest BCUT2D eigenvalue weighted by molar-refractivity contribution is -0.139. The molecular weight excluding hydrogens is 446 g/mol. The summed E-state index contributed by atoms with van der Waals surface area (Å²) in [5.74, 6) is -0.439. The van der Waals surface area contributed by atoms with Crippen LogP contribution in [-0.2, 0) is 25.8 Å². The maximum atomic E-state index is 12.9. The number of hydrogen-bond donors (Lipinski definition) is 2. The Morgan fingerprint density at radius 3 is 2.48 bits per heavy atom. The van der Waals surface area contributed by atoms with Gasteiger partial charge in [0.25, 0.3) is 11.8 Å². The summed E-state index contributed by atoms with van der Waals surface area (Å²) in [5.41, 5.74) is 2.45. The number of carbonyl (C=O) groups excluding carboxylic acids is 3. The molecule has 11 heteroatoms. The number of nitrogens with one attached hydrogen (secondary N) is 2. The van der Waals surface area contributed by atoms with E-state index in [9.17, 15) is 22.8 Å². The zero-order valence-electron chi connectivity index (χ0n) is 18.8. The van der Waals surface area contributed by atoms with Gasteiger partial charge in [0.15, 0.2) is 9.84 Å². The second kappa shape index (κ2) is 9.40. The lowest BCUT2D eigenvalue weighted by atomic mass is 9.93. The molecule has 33 heavy (non-hydrogen) atoms. The van der Waals surface area contributed by atoms with Crippen LogP contribution >= 0.6 is 0 Å². The van der Waals surface area contributed by atoms with Gasteiger partial charge in [-0.15, -0.1) is 0 Å². The molecule has 3 aliphatic rings. The van der Waals surface area contributed by atoms with Crippen LogP contribution in [0.2, 0.25) is 0 Å². The fourth-order valence-electron chi connectivity index (χ4n) is 4.71. The van der Waals surface area contributed by atoms with Crippen molar-refractivity contribution in [2.24, 2.45) is 0 Å². The van der Waals surface area contributed by atoms with Crippen LogP contribution in [0.15, 0.2) is 30.3 Å². The Labute approximate surface area is 194 Å². The van der Waals surface area contributed by atoms with Crippen molar-refractivity contribution in [2.45, 2.75) is 37.8 Å². The highest BCUT2D eigenvalue weighted by molar-refractivity contribution is 7.91. The Hall–Kier alpha value is -2.50. The summed E-state index contributed by atoms with van der Waals surface area (Å²) in [7, 11) is -2.93. The molecule has 3 fully saturated rings. The summed E-state index contributed by atoms with van der Waals surface area (Å²) in [6, 6.07) is 9.14. The highest BCUT2D eigenvalue weighted by Gasteiger charge is 2.48. The average molecular weight is 478 g/mol. The maximum Gasteiger partial charge on any atom is 0.344 e. The van der Waals surface area contributed by atoms with Crippen molar-refractivity contribution in [1.82, 2.24) is 25.6 Å². The molecule has 10 nitrogen and oxygen atoms in total. The van der Waals surface area contributed by atoms with E-state index in [2.05, 4.69) is 15.6 Å². The molecule has 0 aliphatic carbocycles. The molecule has 3 heterocycles. The van der Waals surface area contributed by atoms with Gasteiger partial charge in [-0.25, -0.2) is 13.2 Å². The molecule has 3 aliphatic heterocycles. The van der Waals surface area contributed by atoms with Crippen LogP contribution in [0.1, 0.15) is 25.3 Å². The maximum absolute atomic E-state index is 12.9. The summed E-state index contributed by atoms with van der Waals surface area (Å²) in [5, 5.41) is 3.49. The molecule has 1 aromatic carbocycles. The monoisotopic (exact) mass is 477 g/mol. The normalized spacial score (nSPS) is 28.2. The molecule has 0 saturated carbocycles. The Bertz CT molecular complexity index is 1010. The van der Waals surface area contributed by atoms with Crippen molar-refractivity contribution in [3.63, 3.8) is 0 Å². The number of carbonyl (C=O) groups is 3. The zero-order valence-corrected chi connectivity index (χ0v) is 19.6. The van der Waals surface area contributed by atoms with Crippen LogP contribution in [0, 0.1) is 0 Å². The molecule has 180 valence electrons. The third-order valence-corrected chi connectivity index (χ3v) is 8.50. The molecular formula is C22H31N5O5S. The van der Waals surface area contributed by atoms with Gasteiger partial charge >= 0.3 is 6.03 Å². The van der Waals surface area contributed by atoms with Gasteiger partial charge in [0.1, 0.15) is 5.54 Å². The van der Waals surface area contributed by atoms with Gasteiger partial charge in [0, 0.05) is 32.2 Å². The predicted molar refractivity (Wildman–Crippen MR) is 122 cm³/mol. The van der Waals surface area contributed by atoms with E-state index in [0.717, 1.165) is 10.6 Å². The standard InChI is InChI=1S/C22H31N5O5S/c1-22(9-7-17-5-3-2-4-6-17)20(29)27(21(30)23-22)24-19(28)15-25-10-12-26(13-11-25)18-8-14-33(31,32)16-18/h2-6,18H,7-16H2,1H3,(H,23,30)(H,24,28). The SMILES string of the molecule is CC1(CCc2ccccc2)NC(=O)N(NC(=O)CN2CCN(C3CCS(=O)(=O)C3)CC2)C1=O. The van der Waals surface area contributed by atoms with Gasteiger partial charge in [-0.1, -0.05) is 30.3 Å². The molecule has 1 aromatic rings. The van der Waals surface area contributed by atoms with Crippen molar-refractivity contribution in [3.8, 4) is 0 Å². The molecule has 0 bridgehead atoms. The highest BCUT2D eigenvalue weighted by atomic mass is 32.2. The van der Waals surface area contributed by atoms with E-state index in [0.29, 0.717) is 45.4 Å². The summed E-state index contributed by atoms with van der Waals surface area (Å²) in [4.78, 5) is 42.0. The lowest BCUT2D eigenvalue weighted by Crippen LogP contribution is -2.55. The minimum absolute atomic E-state index is 0.0606. The van der Waals surface area contributed by atoms with E-state index < -0.39 is 33.2 Å². The topological polar surface area (TPSA) is 119 Å². The van der Waals surface area contributed by atoms with Crippen molar-refractivity contribution >= 4 is 27.7 Å². The number of piperazine rings is 1. The van der Waals surface area contributed by atoms with E-state index in [1.54, 1.807) is 6.92 Å². The van der Waals surface area contributed by atoms with Crippen LogP contribution in [0.3, 0.4) is 0 Å². The van der Waals surface area contributed by atoms with Crippen molar-refractivity contribution in [3.05, 3.63) is 35.9 Å². The molecule has 4 amide bonds. The van der Waals surface area contributed by atoms with Gasteiger partial charge in [-0.2, -0.15) is 5.01 Å². The first kappa shape index (κ1) is 23.7. The third kappa shape index (κ3) is 5.53. The minimum Gasteiger partial charge on any atom is -0.322 e. The van der Waals surface area contributed by atoms with Crippen LogP contribution in [0.25, 0.3) is 0 Å². The number of nitrogens with zero attached hydrogens (tertiary/aromatic N) is 3. The molecule has 0 radical (unpaired) electrons. The summed E-state index contributed by atoms with van der Waals surface area (Å²) < 4.78 is 23.4. The first-order valence-electron chi connectivity index (χ1n) is 11.3. The fraction of sp³-hybridized carbons (Fsp3) is 0.591. The minimum atomic E-state index is -2.93. The zero-order chi connectivity index (χ0) is 23.6. The van der Waals surface area contributed by atoms with Gasteiger partial charge in [-0.05, 0) is 31.7 Å². The molecule has 0 aromatic heterocycles. The van der Waals surface area contributed by atoms with E-state index in [4.69, 9.17) is 0 Å². The summed E-state index contributed by atoms with van der Waals surface area (Å²) in [6.07, 6.45) is 1.71. The molecule has 4 rings (SSSR count). The first-order chi connectivity index (χ1) is 15.7. The lowest BCUT2D eigenvalue weighted by Gasteiger charge is -2.37. The molecule has 2 atom stereocenters. The molecule has 2 unspecified atom stereocenters.